The van der Waals surface area contributed by atoms with Crippen LogP contribution in [-0.2, 0) is 11.2 Å². The van der Waals surface area contributed by atoms with Gasteiger partial charge in [-0.2, -0.15) is 0 Å². The summed E-state index contributed by atoms with van der Waals surface area (Å²) in [6, 6.07) is 15.2. The summed E-state index contributed by atoms with van der Waals surface area (Å²) in [5.41, 5.74) is 1.98. The van der Waals surface area contributed by atoms with Crippen molar-refractivity contribution in [3.05, 3.63) is 60.0 Å². The maximum atomic E-state index is 12.5. The monoisotopic (exact) mass is 411 g/mol. The van der Waals surface area contributed by atoms with Crippen LogP contribution < -0.4 is 14.8 Å². The first-order valence-electron chi connectivity index (χ1n) is 9.40. The number of rotatable bonds is 6. The average molecular weight is 411 g/mol. The normalized spacial score (nSPS) is 16.3. The number of hydrogen-bond acceptors (Lipinski definition) is 7. The molecule has 0 spiro atoms. The number of aromatic nitrogens is 2. The Morgan fingerprint density at radius 3 is 2.69 bits per heavy atom. The standard InChI is InChI=1S/C21H21N3O4S/c1-3-14-8-10-15(11-9-14)22-19(25)13(2)29-21-24-23-20(28-21)18-12-26-16-6-4-5-7-17(16)27-18/h4-11,13,18H,3,12H2,1-2H3,(H,22,25)/t13-,18+/m0/s1. The van der Waals surface area contributed by atoms with Crippen LogP contribution in [0.1, 0.15) is 31.4 Å². The fourth-order valence-electron chi connectivity index (χ4n) is 2.81. The number of benzene rings is 2. The van der Waals surface area contributed by atoms with Crippen LogP contribution >= 0.6 is 11.8 Å². The van der Waals surface area contributed by atoms with Gasteiger partial charge >= 0.3 is 0 Å². The topological polar surface area (TPSA) is 86.5 Å². The largest absolute Gasteiger partial charge is 0.485 e. The van der Waals surface area contributed by atoms with Gasteiger partial charge in [0.05, 0.1) is 5.25 Å². The molecule has 1 aliphatic rings. The van der Waals surface area contributed by atoms with E-state index < -0.39 is 11.4 Å². The predicted molar refractivity (Wildman–Crippen MR) is 109 cm³/mol. The second kappa shape index (κ2) is 8.57. The molecule has 0 saturated heterocycles. The molecule has 0 bridgehead atoms. The molecule has 0 saturated carbocycles. The molecule has 2 aromatic carbocycles. The van der Waals surface area contributed by atoms with E-state index in [1.807, 2.05) is 48.5 Å². The first kappa shape index (κ1) is 19.3. The van der Waals surface area contributed by atoms with Crippen molar-refractivity contribution in [2.75, 3.05) is 11.9 Å². The minimum absolute atomic E-state index is 0.134. The highest BCUT2D eigenvalue weighted by atomic mass is 32.2. The molecule has 1 amide bonds. The lowest BCUT2D eigenvalue weighted by atomic mass is 10.1. The highest BCUT2D eigenvalue weighted by molar-refractivity contribution is 8.00. The predicted octanol–water partition coefficient (Wildman–Crippen LogP) is 4.26. The summed E-state index contributed by atoms with van der Waals surface area (Å²) in [5, 5.41) is 10.9. The van der Waals surface area contributed by atoms with Gasteiger partial charge in [0.15, 0.2) is 11.5 Å². The fraction of sp³-hybridized carbons (Fsp3) is 0.286. The summed E-state index contributed by atoms with van der Waals surface area (Å²) >= 11 is 1.20. The van der Waals surface area contributed by atoms with Gasteiger partial charge < -0.3 is 19.2 Å². The molecule has 1 aromatic heterocycles. The number of anilines is 1. The van der Waals surface area contributed by atoms with Crippen LogP contribution in [-0.4, -0.2) is 28.0 Å². The molecule has 1 N–H and O–H groups in total. The van der Waals surface area contributed by atoms with Crippen LogP contribution in [0.2, 0.25) is 0 Å². The Morgan fingerprint density at radius 1 is 1.17 bits per heavy atom. The van der Waals surface area contributed by atoms with E-state index in [0.29, 0.717) is 22.6 Å². The first-order valence-corrected chi connectivity index (χ1v) is 10.3. The van der Waals surface area contributed by atoms with Gasteiger partial charge in [0.25, 0.3) is 11.1 Å². The third-order valence-corrected chi connectivity index (χ3v) is 5.42. The Morgan fingerprint density at radius 2 is 1.93 bits per heavy atom. The summed E-state index contributed by atoms with van der Waals surface area (Å²) in [5.74, 6) is 1.52. The van der Waals surface area contributed by atoms with Crippen molar-refractivity contribution in [1.82, 2.24) is 10.2 Å². The number of aryl methyl sites for hydroxylation is 1. The van der Waals surface area contributed by atoms with E-state index in [0.717, 1.165) is 12.1 Å². The number of hydrogen-bond donors (Lipinski definition) is 1. The third kappa shape index (κ3) is 4.54. The molecule has 2 atom stereocenters. The summed E-state index contributed by atoms with van der Waals surface area (Å²) in [6.45, 7) is 4.17. The average Bonchev–Trinajstić information content (AvgIpc) is 3.22. The van der Waals surface area contributed by atoms with Gasteiger partial charge in [-0.3, -0.25) is 4.79 Å². The summed E-state index contributed by atoms with van der Waals surface area (Å²) in [6.07, 6.45) is 0.481. The van der Waals surface area contributed by atoms with Gasteiger partial charge in [-0.05, 0) is 43.2 Å². The first-order chi connectivity index (χ1) is 14.1. The number of carbonyl (C=O) groups is 1. The lowest BCUT2D eigenvalue weighted by Gasteiger charge is -2.23. The van der Waals surface area contributed by atoms with Gasteiger partial charge in [0.2, 0.25) is 12.0 Å². The van der Waals surface area contributed by atoms with Gasteiger partial charge in [0, 0.05) is 5.69 Å². The van der Waals surface area contributed by atoms with E-state index in [2.05, 4.69) is 22.4 Å². The molecule has 7 nitrogen and oxygen atoms in total. The van der Waals surface area contributed by atoms with Crippen molar-refractivity contribution in [2.24, 2.45) is 0 Å². The number of para-hydroxylation sites is 2. The molecule has 0 radical (unpaired) electrons. The Hall–Kier alpha value is -3.00. The number of fused-ring (bicyclic) bond motifs is 1. The van der Waals surface area contributed by atoms with Gasteiger partial charge in [-0.1, -0.05) is 43.0 Å². The second-order valence-corrected chi connectivity index (χ2v) is 7.86. The van der Waals surface area contributed by atoms with E-state index >= 15 is 0 Å². The molecule has 4 rings (SSSR count). The Kier molecular flexibility index (Phi) is 5.71. The molecule has 0 fully saturated rings. The number of thioether (sulfide) groups is 1. The lowest BCUT2D eigenvalue weighted by Crippen LogP contribution is -2.22. The highest BCUT2D eigenvalue weighted by Crippen LogP contribution is 2.36. The zero-order valence-corrected chi connectivity index (χ0v) is 16.9. The van der Waals surface area contributed by atoms with Gasteiger partial charge in [-0.15, -0.1) is 10.2 Å². The number of nitrogens with zero attached hydrogens (tertiary/aromatic N) is 2. The molecule has 8 heteroatoms. The molecule has 3 aromatic rings. The van der Waals surface area contributed by atoms with Gasteiger partial charge in [-0.25, -0.2) is 0 Å². The third-order valence-electron chi connectivity index (χ3n) is 4.48. The fourth-order valence-corrected chi connectivity index (χ4v) is 3.50. The Balaban J connectivity index is 1.35. The molecular weight excluding hydrogens is 390 g/mol. The molecule has 29 heavy (non-hydrogen) atoms. The molecule has 0 unspecified atom stereocenters. The highest BCUT2D eigenvalue weighted by Gasteiger charge is 2.28. The summed E-state index contributed by atoms with van der Waals surface area (Å²) < 4.78 is 17.2. The maximum absolute atomic E-state index is 12.5. The smallest absolute Gasteiger partial charge is 0.277 e. The van der Waals surface area contributed by atoms with Crippen molar-refractivity contribution in [1.29, 1.82) is 0 Å². The van der Waals surface area contributed by atoms with Crippen LogP contribution in [0.4, 0.5) is 5.69 Å². The Labute approximate surface area is 172 Å². The minimum atomic E-state index is -0.479. The zero-order chi connectivity index (χ0) is 20.2. The van der Waals surface area contributed by atoms with Crippen LogP contribution in [0.3, 0.4) is 0 Å². The minimum Gasteiger partial charge on any atom is -0.485 e. The molecule has 1 aliphatic heterocycles. The van der Waals surface area contributed by atoms with Crippen molar-refractivity contribution >= 4 is 23.4 Å². The Bertz CT molecular complexity index is 990. The van der Waals surface area contributed by atoms with Crippen molar-refractivity contribution in [2.45, 2.75) is 36.8 Å². The number of carbonyl (C=O) groups excluding carboxylic acids is 1. The van der Waals surface area contributed by atoms with Gasteiger partial charge in [0.1, 0.15) is 6.61 Å². The lowest BCUT2D eigenvalue weighted by molar-refractivity contribution is -0.115. The summed E-state index contributed by atoms with van der Waals surface area (Å²) in [4.78, 5) is 12.5. The summed E-state index contributed by atoms with van der Waals surface area (Å²) in [7, 11) is 0. The molecule has 2 heterocycles. The number of ether oxygens (including phenoxy) is 2. The van der Waals surface area contributed by atoms with E-state index in [1.165, 1.54) is 17.3 Å². The van der Waals surface area contributed by atoms with Crippen LogP contribution in [0.15, 0.2) is 58.2 Å². The van der Waals surface area contributed by atoms with Crippen LogP contribution in [0.5, 0.6) is 11.5 Å². The van der Waals surface area contributed by atoms with E-state index in [9.17, 15) is 4.79 Å². The number of amides is 1. The van der Waals surface area contributed by atoms with E-state index in [4.69, 9.17) is 13.9 Å². The van der Waals surface area contributed by atoms with E-state index in [1.54, 1.807) is 6.92 Å². The second-order valence-electron chi connectivity index (χ2n) is 6.57. The quantitative estimate of drug-likeness (QED) is 0.606. The molecular formula is C21H21N3O4S. The number of nitrogens with one attached hydrogen (secondary N) is 1. The van der Waals surface area contributed by atoms with Crippen molar-refractivity contribution in [3.63, 3.8) is 0 Å². The molecule has 0 aliphatic carbocycles. The SMILES string of the molecule is CCc1ccc(NC(=O)[C@H](C)Sc2nnc([C@H]3COc4ccccc4O3)o2)cc1. The van der Waals surface area contributed by atoms with Crippen LogP contribution in [0, 0.1) is 0 Å². The maximum Gasteiger partial charge on any atom is 0.277 e. The van der Waals surface area contributed by atoms with Crippen molar-refractivity contribution < 1.29 is 18.7 Å². The van der Waals surface area contributed by atoms with E-state index in [-0.39, 0.29) is 12.5 Å². The van der Waals surface area contributed by atoms with Crippen molar-refractivity contribution in [3.8, 4) is 11.5 Å². The zero-order valence-electron chi connectivity index (χ0n) is 16.1. The molecule has 150 valence electrons. The van der Waals surface area contributed by atoms with Crippen LogP contribution in [0.25, 0.3) is 0 Å².